The number of aryl methyl sites for hydroxylation is 1. The Kier molecular flexibility index (Phi) is 8.16. The summed E-state index contributed by atoms with van der Waals surface area (Å²) in [7, 11) is -0.102. The lowest BCUT2D eigenvalue weighted by Crippen LogP contribution is -2.29. The number of rotatable bonds is 7. The quantitative estimate of drug-likeness (QED) is 0.575. The number of benzene rings is 2. The van der Waals surface area contributed by atoms with E-state index in [0.717, 1.165) is 10.5 Å². The number of amides is 1. The third-order valence-corrected chi connectivity index (χ3v) is 6.63. The van der Waals surface area contributed by atoms with E-state index in [1.54, 1.807) is 24.3 Å². The molecular weight excluding hydrogens is 406 g/mol. The van der Waals surface area contributed by atoms with E-state index in [-0.39, 0.29) is 17.4 Å². The van der Waals surface area contributed by atoms with Crippen LogP contribution in [0.5, 0.6) is 11.5 Å². The number of ether oxygens (including phenoxy) is 2. The minimum Gasteiger partial charge on any atom is -0.487 e. The van der Waals surface area contributed by atoms with Gasteiger partial charge in [-0.3, -0.25) is 0 Å². The molecular formula is C22H29NO4S2. The second kappa shape index (κ2) is 10.2. The molecule has 2 aromatic carbocycles. The Morgan fingerprint density at radius 2 is 1.79 bits per heavy atom. The van der Waals surface area contributed by atoms with Gasteiger partial charge in [0.25, 0.3) is 0 Å². The molecule has 0 aliphatic rings. The molecule has 158 valence electrons. The van der Waals surface area contributed by atoms with Crippen LogP contribution in [-0.4, -0.2) is 22.3 Å². The highest BCUT2D eigenvalue weighted by Crippen LogP contribution is 2.31. The summed E-state index contributed by atoms with van der Waals surface area (Å²) in [6, 6.07) is 13.1. The molecule has 1 unspecified atom stereocenters. The zero-order valence-electron chi connectivity index (χ0n) is 17.8. The summed E-state index contributed by atoms with van der Waals surface area (Å²) in [6.07, 6.45) is -0.710. The average Bonchev–Trinajstić information content (AvgIpc) is 2.62. The molecule has 0 aromatic heterocycles. The molecule has 0 aliphatic carbocycles. The molecule has 2 aromatic rings. The highest BCUT2D eigenvalue weighted by atomic mass is 33.1. The van der Waals surface area contributed by atoms with Crippen molar-refractivity contribution in [2.24, 2.45) is 0 Å². The van der Waals surface area contributed by atoms with Gasteiger partial charge >= 0.3 is 6.09 Å². The van der Waals surface area contributed by atoms with Gasteiger partial charge in [0.2, 0.25) is 0 Å². The maximum absolute atomic E-state index is 12.4. The van der Waals surface area contributed by atoms with Gasteiger partial charge in [0.05, 0.1) is 6.10 Å². The lowest BCUT2D eigenvalue weighted by Gasteiger charge is -2.20. The van der Waals surface area contributed by atoms with Gasteiger partial charge in [0, 0.05) is 4.90 Å². The molecule has 7 heteroatoms. The van der Waals surface area contributed by atoms with Crippen LogP contribution in [0, 0.1) is 6.92 Å². The van der Waals surface area contributed by atoms with E-state index in [4.69, 9.17) is 9.47 Å². The van der Waals surface area contributed by atoms with Gasteiger partial charge in [-0.05, 0) is 66.3 Å². The van der Waals surface area contributed by atoms with Crippen molar-refractivity contribution in [1.82, 2.24) is 5.32 Å². The number of carbonyl (C=O) groups excluding carboxylic acids is 1. The van der Waals surface area contributed by atoms with Crippen LogP contribution in [0.4, 0.5) is 4.79 Å². The van der Waals surface area contributed by atoms with E-state index in [0.29, 0.717) is 11.5 Å². The first-order valence-electron chi connectivity index (χ1n) is 9.45. The molecule has 0 saturated heterocycles. The number of hydrogen-bond acceptors (Lipinski definition) is 5. The van der Waals surface area contributed by atoms with Gasteiger partial charge in [-0.15, -0.1) is 0 Å². The van der Waals surface area contributed by atoms with E-state index < -0.39 is 15.9 Å². The fourth-order valence-electron chi connectivity index (χ4n) is 2.48. The van der Waals surface area contributed by atoms with Crippen molar-refractivity contribution >= 4 is 26.7 Å². The third-order valence-electron chi connectivity index (χ3n) is 3.97. The van der Waals surface area contributed by atoms with Gasteiger partial charge in [-0.2, -0.15) is 0 Å². The Balaban J connectivity index is 1.91. The molecule has 0 fully saturated rings. The van der Waals surface area contributed by atoms with Crippen LogP contribution in [-0.2, 0) is 15.2 Å². The van der Waals surface area contributed by atoms with Crippen LogP contribution >= 0.6 is 10.8 Å². The summed E-state index contributed by atoms with van der Waals surface area (Å²) in [5.74, 6) is 0.797. The van der Waals surface area contributed by atoms with Crippen molar-refractivity contribution in [2.45, 2.75) is 58.0 Å². The Hall–Kier alpha value is -1.99. The minimum absolute atomic E-state index is 0.0167. The second-order valence-corrected chi connectivity index (χ2v) is 11.1. The van der Waals surface area contributed by atoms with Crippen LogP contribution < -0.4 is 14.8 Å². The third kappa shape index (κ3) is 7.40. The lowest BCUT2D eigenvalue weighted by atomic mass is 9.86. The molecule has 1 amide bonds. The maximum Gasteiger partial charge on any atom is 0.413 e. The molecule has 1 N–H and O–H groups in total. The fraction of sp³-hybridized carbons (Fsp3) is 0.409. The normalized spacial score (nSPS) is 12.5. The van der Waals surface area contributed by atoms with Crippen molar-refractivity contribution in [3.8, 4) is 11.5 Å². The van der Waals surface area contributed by atoms with Gasteiger partial charge in [0.1, 0.15) is 15.7 Å². The van der Waals surface area contributed by atoms with Crippen LogP contribution in [0.3, 0.4) is 0 Å². The zero-order chi connectivity index (χ0) is 21.6. The van der Waals surface area contributed by atoms with Crippen LogP contribution in [0.1, 0.15) is 45.7 Å². The molecule has 0 aliphatic heterocycles. The highest BCUT2D eigenvalue weighted by molar-refractivity contribution is 8.69. The Labute approximate surface area is 179 Å². The molecule has 0 bridgehead atoms. The molecule has 0 radical (unpaired) electrons. The smallest absolute Gasteiger partial charge is 0.413 e. The summed E-state index contributed by atoms with van der Waals surface area (Å²) < 4.78 is 23.3. The van der Waals surface area contributed by atoms with Crippen molar-refractivity contribution in [2.75, 3.05) is 5.88 Å². The summed E-state index contributed by atoms with van der Waals surface area (Å²) in [4.78, 5) is 13.0. The van der Waals surface area contributed by atoms with Crippen molar-refractivity contribution in [1.29, 1.82) is 0 Å². The molecule has 2 rings (SSSR count). The summed E-state index contributed by atoms with van der Waals surface area (Å²) in [6.45, 7) is 12.3. The standard InChI is InChI=1S/C22H29NO4S2/c1-15(2)26-18-9-7-8-10-19(18)27-21(24)23-14-29(25)28-20-12-11-17(13-16(20)3)22(4,5)6/h7-13,15H,14H2,1-6H3,(H,23,24). The lowest BCUT2D eigenvalue weighted by molar-refractivity contribution is 0.193. The Morgan fingerprint density at radius 1 is 1.14 bits per heavy atom. The predicted molar refractivity (Wildman–Crippen MR) is 120 cm³/mol. The van der Waals surface area contributed by atoms with E-state index in [9.17, 15) is 9.00 Å². The monoisotopic (exact) mass is 435 g/mol. The molecule has 5 nitrogen and oxygen atoms in total. The zero-order valence-corrected chi connectivity index (χ0v) is 19.4. The maximum atomic E-state index is 12.4. The summed E-state index contributed by atoms with van der Waals surface area (Å²) in [5.41, 5.74) is 2.36. The van der Waals surface area contributed by atoms with Crippen LogP contribution in [0.15, 0.2) is 47.4 Å². The average molecular weight is 436 g/mol. The number of para-hydroxylation sites is 2. The molecule has 0 saturated carbocycles. The number of hydrogen-bond donors (Lipinski definition) is 1. The summed E-state index contributed by atoms with van der Waals surface area (Å²) in [5, 5.41) is 2.55. The molecule has 29 heavy (non-hydrogen) atoms. The molecule has 0 spiro atoms. The van der Waals surface area contributed by atoms with E-state index in [1.165, 1.54) is 16.4 Å². The van der Waals surface area contributed by atoms with Crippen LogP contribution in [0.25, 0.3) is 0 Å². The predicted octanol–water partition coefficient (Wildman–Crippen LogP) is 5.58. The number of carbonyl (C=O) groups is 1. The highest BCUT2D eigenvalue weighted by Gasteiger charge is 2.16. The second-order valence-electron chi connectivity index (χ2n) is 7.94. The first kappa shape index (κ1) is 23.3. The van der Waals surface area contributed by atoms with E-state index in [1.807, 2.05) is 26.8 Å². The first-order chi connectivity index (χ1) is 13.6. The van der Waals surface area contributed by atoms with Gasteiger partial charge in [-0.1, -0.05) is 45.0 Å². The summed E-state index contributed by atoms with van der Waals surface area (Å²) >= 11 is 0. The Morgan fingerprint density at radius 3 is 2.38 bits per heavy atom. The fourth-order valence-corrected chi connectivity index (χ4v) is 4.80. The van der Waals surface area contributed by atoms with E-state index >= 15 is 0 Å². The van der Waals surface area contributed by atoms with E-state index in [2.05, 4.69) is 38.2 Å². The minimum atomic E-state index is -1.33. The van der Waals surface area contributed by atoms with Crippen molar-refractivity contribution in [3.63, 3.8) is 0 Å². The Bertz CT molecular complexity index is 875. The van der Waals surface area contributed by atoms with Gasteiger partial charge in [-0.25, -0.2) is 9.00 Å². The van der Waals surface area contributed by atoms with Crippen molar-refractivity contribution < 1.29 is 18.5 Å². The molecule has 0 heterocycles. The van der Waals surface area contributed by atoms with Gasteiger partial charge in [0.15, 0.2) is 11.5 Å². The largest absolute Gasteiger partial charge is 0.487 e. The van der Waals surface area contributed by atoms with Crippen LogP contribution in [0.2, 0.25) is 0 Å². The van der Waals surface area contributed by atoms with Crippen molar-refractivity contribution in [3.05, 3.63) is 53.6 Å². The number of nitrogens with one attached hydrogen (secondary N) is 1. The first-order valence-corrected chi connectivity index (χ1v) is 12.1. The topological polar surface area (TPSA) is 64.6 Å². The van der Waals surface area contributed by atoms with Gasteiger partial charge < -0.3 is 14.8 Å². The SMILES string of the molecule is Cc1cc(C(C)(C)C)ccc1SS(=O)CNC(=O)Oc1ccccc1OC(C)C. The molecule has 1 atom stereocenters.